The number of benzene rings is 4. The Morgan fingerprint density at radius 1 is 0.361 bits per heavy atom. The molecule has 172 valence electrons. The van der Waals surface area contributed by atoms with Crippen LogP contribution in [-0.4, -0.2) is 12.1 Å². The number of nitrogens with one attached hydrogen (secondary N) is 4. The largest absolute Gasteiger partial charge is 0.323 e. The molecule has 0 aromatic heterocycles. The Balaban J connectivity index is 1.61. The molecule has 1 heterocycles. The average Bonchev–Trinajstić information content (AvgIpc) is 2.88. The third-order valence-corrected chi connectivity index (χ3v) is 5.36. The van der Waals surface area contributed by atoms with Crippen molar-refractivity contribution in [3.8, 4) is 23.7 Å². The summed E-state index contributed by atoms with van der Waals surface area (Å²) >= 11 is 0. The SMILES string of the molecule is O=C1Nc2ccccc2C#Cc2ccccc2NC(=O)Nc2ccccc2C#Cc2ccccc2N1. The Hall–Kier alpha value is -5.46. The first-order chi connectivity index (χ1) is 17.7. The lowest BCUT2D eigenvalue weighted by Crippen LogP contribution is -2.21. The summed E-state index contributed by atoms with van der Waals surface area (Å²) in [4.78, 5) is 25.7. The fourth-order valence-electron chi connectivity index (χ4n) is 3.63. The van der Waals surface area contributed by atoms with E-state index in [4.69, 9.17) is 0 Å². The molecule has 6 nitrogen and oxygen atoms in total. The fourth-order valence-corrected chi connectivity index (χ4v) is 3.63. The standard InChI is InChI=1S/C30H20N4O2/c35-29-31-25-13-5-1-9-21(25)17-18-22-10-2-6-14-26(22)33-30(36)34-28-16-8-4-12-24(28)20-19-23-11-3-7-15-27(23)32-29/h1-16H,(H2,31,32,35)(H2,33,34,36). The minimum Gasteiger partial charge on any atom is -0.306 e. The van der Waals surface area contributed by atoms with E-state index < -0.39 is 12.1 Å². The predicted molar refractivity (Wildman–Crippen MR) is 143 cm³/mol. The summed E-state index contributed by atoms with van der Waals surface area (Å²) in [6.07, 6.45) is 0. The van der Waals surface area contributed by atoms with Gasteiger partial charge in [0.2, 0.25) is 0 Å². The van der Waals surface area contributed by atoms with Gasteiger partial charge in [-0.2, -0.15) is 0 Å². The first kappa shape index (κ1) is 22.3. The maximum absolute atomic E-state index is 12.9. The van der Waals surface area contributed by atoms with Crippen LogP contribution < -0.4 is 21.3 Å². The molecule has 4 amide bonds. The van der Waals surface area contributed by atoms with Crippen molar-refractivity contribution in [2.75, 3.05) is 21.3 Å². The van der Waals surface area contributed by atoms with Gasteiger partial charge < -0.3 is 21.3 Å². The van der Waals surface area contributed by atoms with Crippen LogP contribution in [0.2, 0.25) is 0 Å². The molecule has 0 fully saturated rings. The monoisotopic (exact) mass is 468 g/mol. The second-order valence-electron chi connectivity index (χ2n) is 7.84. The Kier molecular flexibility index (Phi) is 6.34. The Morgan fingerprint density at radius 2 is 0.583 bits per heavy atom. The normalized spacial score (nSPS) is 12.3. The molecule has 6 heteroatoms. The van der Waals surface area contributed by atoms with Crippen molar-refractivity contribution in [2.24, 2.45) is 0 Å². The van der Waals surface area contributed by atoms with E-state index in [2.05, 4.69) is 44.9 Å². The van der Waals surface area contributed by atoms with Crippen LogP contribution in [0.4, 0.5) is 32.3 Å². The van der Waals surface area contributed by atoms with E-state index in [0.29, 0.717) is 45.0 Å². The third kappa shape index (κ3) is 5.20. The number of amides is 4. The van der Waals surface area contributed by atoms with Gasteiger partial charge in [0.15, 0.2) is 0 Å². The number of carbonyl (C=O) groups is 2. The third-order valence-electron chi connectivity index (χ3n) is 5.36. The highest BCUT2D eigenvalue weighted by Gasteiger charge is 2.10. The van der Waals surface area contributed by atoms with Crippen LogP contribution in [0.3, 0.4) is 0 Å². The summed E-state index contributed by atoms with van der Waals surface area (Å²) in [5, 5.41) is 11.5. The number of fused-ring (bicyclic) bond motifs is 4. The van der Waals surface area contributed by atoms with Gasteiger partial charge in [0.05, 0.1) is 22.7 Å². The number of anilines is 4. The van der Waals surface area contributed by atoms with E-state index in [1.54, 1.807) is 24.3 Å². The van der Waals surface area contributed by atoms with Gasteiger partial charge >= 0.3 is 12.1 Å². The molecular formula is C30H20N4O2. The van der Waals surface area contributed by atoms with Crippen molar-refractivity contribution >= 4 is 34.8 Å². The lowest BCUT2D eigenvalue weighted by atomic mass is 10.1. The maximum atomic E-state index is 12.9. The summed E-state index contributed by atoms with van der Waals surface area (Å²) in [7, 11) is 0. The number of urea groups is 2. The summed E-state index contributed by atoms with van der Waals surface area (Å²) in [6.45, 7) is 0. The molecule has 1 aliphatic rings. The lowest BCUT2D eigenvalue weighted by Gasteiger charge is -2.12. The second kappa shape index (κ2) is 10.2. The molecule has 1 aliphatic heterocycles. The molecule has 0 spiro atoms. The van der Waals surface area contributed by atoms with E-state index in [0.717, 1.165) is 0 Å². The van der Waals surface area contributed by atoms with Gasteiger partial charge in [-0.25, -0.2) is 9.59 Å². The highest BCUT2D eigenvalue weighted by atomic mass is 16.2. The molecule has 4 aromatic carbocycles. The van der Waals surface area contributed by atoms with E-state index in [1.165, 1.54) is 0 Å². The van der Waals surface area contributed by atoms with Crippen LogP contribution in [0, 0.1) is 23.7 Å². The highest BCUT2D eigenvalue weighted by molar-refractivity contribution is 6.02. The van der Waals surface area contributed by atoms with Crippen molar-refractivity contribution in [2.45, 2.75) is 0 Å². The number of para-hydroxylation sites is 4. The second-order valence-corrected chi connectivity index (χ2v) is 7.84. The van der Waals surface area contributed by atoms with Crippen molar-refractivity contribution in [3.05, 3.63) is 119 Å². The Bertz CT molecular complexity index is 1370. The summed E-state index contributed by atoms with van der Waals surface area (Å²) in [6, 6.07) is 28.3. The molecule has 4 N–H and O–H groups in total. The molecule has 36 heavy (non-hydrogen) atoms. The topological polar surface area (TPSA) is 82.3 Å². The van der Waals surface area contributed by atoms with E-state index >= 15 is 0 Å². The van der Waals surface area contributed by atoms with Crippen LogP contribution in [-0.2, 0) is 0 Å². The molecular weight excluding hydrogens is 448 g/mol. The van der Waals surface area contributed by atoms with Gasteiger partial charge in [-0.15, -0.1) is 0 Å². The van der Waals surface area contributed by atoms with Gasteiger partial charge in [-0.1, -0.05) is 72.2 Å². The van der Waals surface area contributed by atoms with Crippen LogP contribution in [0.1, 0.15) is 22.3 Å². The first-order valence-electron chi connectivity index (χ1n) is 11.2. The van der Waals surface area contributed by atoms with Gasteiger partial charge in [0.1, 0.15) is 0 Å². The molecule has 0 saturated heterocycles. The Labute approximate surface area is 208 Å². The maximum Gasteiger partial charge on any atom is 0.323 e. The van der Waals surface area contributed by atoms with Crippen molar-refractivity contribution in [1.82, 2.24) is 0 Å². The molecule has 0 bridgehead atoms. The molecule has 0 atom stereocenters. The van der Waals surface area contributed by atoms with Crippen molar-refractivity contribution < 1.29 is 9.59 Å². The summed E-state index contributed by atoms with van der Waals surface area (Å²) < 4.78 is 0. The van der Waals surface area contributed by atoms with E-state index in [1.807, 2.05) is 72.8 Å². The van der Waals surface area contributed by atoms with Crippen LogP contribution in [0.15, 0.2) is 97.1 Å². The van der Waals surface area contributed by atoms with Crippen LogP contribution in [0.25, 0.3) is 0 Å². The Morgan fingerprint density at radius 3 is 0.833 bits per heavy atom. The highest BCUT2D eigenvalue weighted by Crippen LogP contribution is 2.20. The quantitative estimate of drug-likeness (QED) is 0.236. The molecule has 0 radical (unpaired) electrons. The van der Waals surface area contributed by atoms with Gasteiger partial charge in [0.25, 0.3) is 0 Å². The van der Waals surface area contributed by atoms with Crippen molar-refractivity contribution in [1.29, 1.82) is 0 Å². The zero-order valence-electron chi connectivity index (χ0n) is 19.1. The van der Waals surface area contributed by atoms with Gasteiger partial charge in [-0.3, -0.25) is 0 Å². The molecule has 0 aliphatic carbocycles. The van der Waals surface area contributed by atoms with E-state index in [9.17, 15) is 9.59 Å². The molecule has 4 aromatic rings. The van der Waals surface area contributed by atoms with Gasteiger partial charge in [-0.05, 0) is 48.5 Å². The number of rotatable bonds is 0. The van der Waals surface area contributed by atoms with Crippen LogP contribution in [0.5, 0.6) is 0 Å². The number of hydrogen-bond acceptors (Lipinski definition) is 2. The molecule has 5 rings (SSSR count). The smallest absolute Gasteiger partial charge is 0.306 e. The summed E-state index contributed by atoms with van der Waals surface area (Å²) in [5.74, 6) is 12.4. The predicted octanol–water partition coefficient (Wildman–Crippen LogP) is 6.09. The summed E-state index contributed by atoms with van der Waals surface area (Å²) in [5.41, 5.74) is 4.78. The fraction of sp³-hybridized carbons (Fsp3) is 0. The minimum absolute atomic E-state index is 0.408. The van der Waals surface area contributed by atoms with Crippen LogP contribution >= 0.6 is 0 Å². The zero-order valence-corrected chi connectivity index (χ0v) is 19.1. The lowest BCUT2D eigenvalue weighted by molar-refractivity contribution is 0.261. The molecule has 0 saturated carbocycles. The zero-order chi connectivity index (χ0) is 24.7. The van der Waals surface area contributed by atoms with Gasteiger partial charge in [0, 0.05) is 22.3 Å². The minimum atomic E-state index is -0.408. The van der Waals surface area contributed by atoms with Crippen molar-refractivity contribution in [3.63, 3.8) is 0 Å². The number of carbonyl (C=O) groups excluding carboxylic acids is 2. The average molecular weight is 469 g/mol. The first-order valence-corrected chi connectivity index (χ1v) is 11.2. The number of hydrogen-bond donors (Lipinski definition) is 4. The molecule has 0 unspecified atom stereocenters. The van der Waals surface area contributed by atoms with E-state index in [-0.39, 0.29) is 0 Å².